The Balaban J connectivity index is 1.50. The van der Waals surface area contributed by atoms with E-state index in [-0.39, 0.29) is 5.91 Å². The van der Waals surface area contributed by atoms with E-state index in [1.165, 1.54) is 5.56 Å². The first-order chi connectivity index (χ1) is 13.1. The van der Waals surface area contributed by atoms with Gasteiger partial charge >= 0.3 is 0 Å². The van der Waals surface area contributed by atoms with Crippen molar-refractivity contribution in [2.45, 2.75) is 20.3 Å². The Bertz CT molecular complexity index is 970. The maximum absolute atomic E-state index is 13.0. The fourth-order valence-electron chi connectivity index (χ4n) is 3.66. The van der Waals surface area contributed by atoms with E-state index in [1.807, 2.05) is 42.2 Å². The second-order valence-electron chi connectivity index (χ2n) is 7.00. The van der Waals surface area contributed by atoms with E-state index in [1.54, 1.807) is 0 Å². The third-order valence-electron chi connectivity index (χ3n) is 5.36. The highest BCUT2D eigenvalue weighted by Crippen LogP contribution is 2.28. The van der Waals surface area contributed by atoms with Crippen molar-refractivity contribution in [3.8, 4) is 0 Å². The number of halogens is 1. The van der Waals surface area contributed by atoms with Crippen LogP contribution in [0.3, 0.4) is 0 Å². The number of nitrogens with zero attached hydrogens (tertiary/aromatic N) is 2. The molecule has 4 rings (SSSR count). The molecule has 27 heavy (non-hydrogen) atoms. The van der Waals surface area contributed by atoms with Crippen LogP contribution < -0.4 is 4.90 Å². The lowest BCUT2D eigenvalue weighted by Gasteiger charge is -2.35. The van der Waals surface area contributed by atoms with E-state index < -0.39 is 0 Å². The van der Waals surface area contributed by atoms with Crippen molar-refractivity contribution in [3.63, 3.8) is 0 Å². The summed E-state index contributed by atoms with van der Waals surface area (Å²) in [5.74, 6) is 0.454. The van der Waals surface area contributed by atoms with Crippen molar-refractivity contribution >= 4 is 34.2 Å². The fourth-order valence-corrected chi connectivity index (χ4v) is 3.78. The molecule has 4 nitrogen and oxygen atoms in total. The highest BCUT2D eigenvalue weighted by molar-refractivity contribution is 6.30. The summed E-state index contributed by atoms with van der Waals surface area (Å²) in [6.07, 6.45) is 0.969. The van der Waals surface area contributed by atoms with Crippen LogP contribution in [0.15, 0.2) is 46.9 Å². The standard InChI is InChI=1S/C22H23ClN2O2/c1-3-16-4-9-20-19(14-16)15(2)21(27-20)22(26)25-12-10-24(11-13-25)18-7-5-17(23)6-8-18/h4-9,14H,3,10-13H2,1-2H3. The first kappa shape index (κ1) is 17.9. The van der Waals surface area contributed by atoms with Gasteiger partial charge in [0.1, 0.15) is 5.58 Å². The number of amides is 1. The molecule has 0 aliphatic carbocycles. The Labute approximate surface area is 164 Å². The molecule has 1 saturated heterocycles. The minimum Gasteiger partial charge on any atom is -0.451 e. The predicted octanol–water partition coefficient (Wildman–Crippen LogP) is 4.92. The number of fused-ring (bicyclic) bond motifs is 1. The van der Waals surface area contributed by atoms with E-state index >= 15 is 0 Å². The average molecular weight is 383 g/mol. The van der Waals surface area contributed by atoms with Gasteiger partial charge in [-0.3, -0.25) is 4.79 Å². The van der Waals surface area contributed by atoms with Crippen LogP contribution in [0.5, 0.6) is 0 Å². The molecule has 3 aromatic rings. The predicted molar refractivity (Wildman–Crippen MR) is 110 cm³/mol. The van der Waals surface area contributed by atoms with Crippen LogP contribution in [0.2, 0.25) is 5.02 Å². The van der Waals surface area contributed by atoms with E-state index in [0.29, 0.717) is 18.8 Å². The monoisotopic (exact) mass is 382 g/mol. The quantitative estimate of drug-likeness (QED) is 0.645. The van der Waals surface area contributed by atoms with Crippen LogP contribution in [-0.2, 0) is 6.42 Å². The van der Waals surface area contributed by atoms with E-state index in [0.717, 1.165) is 46.8 Å². The lowest BCUT2D eigenvalue weighted by molar-refractivity contribution is 0.0716. The molecule has 0 saturated carbocycles. The highest BCUT2D eigenvalue weighted by atomic mass is 35.5. The molecule has 1 aromatic heterocycles. The molecule has 1 aliphatic rings. The fraction of sp³-hybridized carbons (Fsp3) is 0.318. The summed E-state index contributed by atoms with van der Waals surface area (Å²) >= 11 is 5.97. The van der Waals surface area contributed by atoms with Gasteiger partial charge in [-0.2, -0.15) is 0 Å². The van der Waals surface area contributed by atoms with Crippen molar-refractivity contribution in [1.29, 1.82) is 0 Å². The molecule has 0 spiro atoms. The number of furan rings is 1. The third-order valence-corrected chi connectivity index (χ3v) is 5.61. The Morgan fingerprint density at radius 2 is 1.78 bits per heavy atom. The summed E-state index contributed by atoms with van der Waals surface area (Å²) in [5, 5.41) is 1.77. The summed E-state index contributed by atoms with van der Waals surface area (Å²) < 4.78 is 5.92. The van der Waals surface area contributed by atoms with Gasteiger partial charge < -0.3 is 14.2 Å². The van der Waals surface area contributed by atoms with Gasteiger partial charge in [0.15, 0.2) is 5.76 Å². The van der Waals surface area contributed by atoms with Gasteiger partial charge in [-0.1, -0.05) is 24.6 Å². The Morgan fingerprint density at radius 1 is 1.07 bits per heavy atom. The summed E-state index contributed by atoms with van der Waals surface area (Å²) in [7, 11) is 0. The second kappa shape index (κ2) is 7.28. The first-order valence-electron chi connectivity index (χ1n) is 9.38. The lowest BCUT2D eigenvalue weighted by atomic mass is 10.1. The molecule has 2 heterocycles. The first-order valence-corrected chi connectivity index (χ1v) is 9.76. The van der Waals surface area contributed by atoms with Gasteiger partial charge in [-0.05, 0) is 55.3 Å². The van der Waals surface area contributed by atoms with Gasteiger partial charge in [0.05, 0.1) is 0 Å². The normalized spacial score (nSPS) is 14.8. The van der Waals surface area contributed by atoms with Crippen LogP contribution in [0.4, 0.5) is 5.69 Å². The number of anilines is 1. The van der Waals surface area contributed by atoms with Gasteiger partial charge in [0, 0.05) is 47.8 Å². The van der Waals surface area contributed by atoms with Crippen LogP contribution >= 0.6 is 11.6 Å². The Kier molecular flexibility index (Phi) is 4.83. The largest absolute Gasteiger partial charge is 0.451 e. The van der Waals surface area contributed by atoms with Crippen molar-refractivity contribution in [1.82, 2.24) is 4.90 Å². The number of hydrogen-bond donors (Lipinski definition) is 0. The number of carbonyl (C=O) groups is 1. The number of aryl methyl sites for hydroxylation is 2. The van der Waals surface area contributed by atoms with Crippen LogP contribution in [0.25, 0.3) is 11.0 Å². The van der Waals surface area contributed by atoms with Crippen LogP contribution in [0.1, 0.15) is 28.6 Å². The molecule has 0 bridgehead atoms. The summed E-state index contributed by atoms with van der Waals surface area (Å²) in [5.41, 5.74) is 4.11. The number of hydrogen-bond acceptors (Lipinski definition) is 3. The number of benzene rings is 2. The number of carbonyl (C=O) groups excluding carboxylic acids is 1. The topological polar surface area (TPSA) is 36.7 Å². The maximum Gasteiger partial charge on any atom is 0.290 e. The minimum atomic E-state index is -0.0162. The molecule has 0 radical (unpaired) electrons. The Hall–Kier alpha value is -2.46. The molecule has 0 unspecified atom stereocenters. The Morgan fingerprint density at radius 3 is 2.44 bits per heavy atom. The van der Waals surface area contributed by atoms with Crippen molar-refractivity contribution in [3.05, 3.63) is 64.4 Å². The van der Waals surface area contributed by atoms with Crippen molar-refractivity contribution in [2.75, 3.05) is 31.1 Å². The van der Waals surface area contributed by atoms with Crippen LogP contribution in [0, 0.1) is 6.92 Å². The third kappa shape index (κ3) is 3.42. The average Bonchev–Trinajstić information content (AvgIpc) is 3.04. The van der Waals surface area contributed by atoms with Crippen molar-refractivity contribution in [2.24, 2.45) is 0 Å². The lowest BCUT2D eigenvalue weighted by Crippen LogP contribution is -2.48. The molecule has 1 aliphatic heterocycles. The maximum atomic E-state index is 13.0. The molecule has 5 heteroatoms. The van der Waals surface area contributed by atoms with E-state index in [9.17, 15) is 4.79 Å². The molecule has 1 amide bonds. The molecule has 2 aromatic carbocycles. The minimum absolute atomic E-state index is 0.0162. The van der Waals surface area contributed by atoms with Gasteiger partial charge in [-0.15, -0.1) is 0 Å². The zero-order chi connectivity index (χ0) is 19.0. The zero-order valence-electron chi connectivity index (χ0n) is 15.7. The van der Waals surface area contributed by atoms with E-state index in [4.69, 9.17) is 16.0 Å². The summed E-state index contributed by atoms with van der Waals surface area (Å²) in [6.45, 7) is 7.06. The second-order valence-corrected chi connectivity index (χ2v) is 7.43. The van der Waals surface area contributed by atoms with Crippen LogP contribution in [-0.4, -0.2) is 37.0 Å². The van der Waals surface area contributed by atoms with E-state index in [2.05, 4.69) is 24.0 Å². The molecular weight excluding hydrogens is 360 g/mol. The molecule has 140 valence electrons. The van der Waals surface area contributed by atoms with Gasteiger partial charge in [-0.25, -0.2) is 0 Å². The summed E-state index contributed by atoms with van der Waals surface area (Å²) in [6, 6.07) is 14.0. The molecular formula is C22H23ClN2O2. The summed E-state index contributed by atoms with van der Waals surface area (Å²) in [4.78, 5) is 17.2. The van der Waals surface area contributed by atoms with Crippen molar-refractivity contribution < 1.29 is 9.21 Å². The number of rotatable bonds is 3. The molecule has 1 fully saturated rings. The SMILES string of the molecule is CCc1ccc2oc(C(=O)N3CCN(c4ccc(Cl)cc4)CC3)c(C)c2c1. The number of piperazine rings is 1. The zero-order valence-corrected chi connectivity index (χ0v) is 16.4. The van der Waals surface area contributed by atoms with Gasteiger partial charge in [0.25, 0.3) is 5.91 Å². The molecule has 0 N–H and O–H groups in total. The smallest absolute Gasteiger partial charge is 0.290 e. The van der Waals surface area contributed by atoms with Gasteiger partial charge in [0.2, 0.25) is 0 Å². The highest BCUT2D eigenvalue weighted by Gasteiger charge is 2.26. The molecule has 0 atom stereocenters.